The van der Waals surface area contributed by atoms with Crippen molar-refractivity contribution in [2.24, 2.45) is 5.92 Å². The molecule has 104 valence electrons. The second-order valence-corrected chi connectivity index (χ2v) is 5.29. The van der Waals surface area contributed by atoms with Crippen LogP contribution in [0.25, 0.3) is 0 Å². The molecule has 19 heavy (non-hydrogen) atoms. The molecule has 2 heterocycles. The number of hydrogen-bond donors (Lipinski definition) is 1. The number of rotatable bonds is 3. The highest BCUT2D eigenvalue weighted by molar-refractivity contribution is 5.94. The van der Waals surface area contributed by atoms with Crippen molar-refractivity contribution in [3.63, 3.8) is 0 Å². The van der Waals surface area contributed by atoms with E-state index < -0.39 is 0 Å². The molecule has 1 aromatic heterocycles. The Kier molecular flexibility index (Phi) is 4.77. The normalized spacial score (nSPS) is 19.9. The number of aromatic nitrogens is 1. The largest absolute Gasteiger partial charge is 0.370 e. The second-order valence-electron chi connectivity index (χ2n) is 5.29. The van der Waals surface area contributed by atoms with E-state index >= 15 is 0 Å². The number of pyridine rings is 1. The van der Waals surface area contributed by atoms with E-state index in [4.69, 9.17) is 0 Å². The minimum atomic E-state index is 0.115. The lowest BCUT2D eigenvalue weighted by Crippen LogP contribution is -2.32. The van der Waals surface area contributed by atoms with Crippen LogP contribution < -0.4 is 5.32 Å². The zero-order valence-corrected chi connectivity index (χ0v) is 11.9. The Hall–Kier alpha value is -1.58. The van der Waals surface area contributed by atoms with Crippen molar-refractivity contribution in [2.75, 3.05) is 25.0 Å². The highest BCUT2D eigenvalue weighted by Gasteiger charge is 2.19. The van der Waals surface area contributed by atoms with Gasteiger partial charge in [-0.3, -0.25) is 4.79 Å². The van der Waals surface area contributed by atoms with E-state index in [0.29, 0.717) is 5.56 Å². The molecule has 1 aromatic rings. The molecule has 0 spiro atoms. The van der Waals surface area contributed by atoms with Gasteiger partial charge in [-0.1, -0.05) is 6.92 Å². The SMILES string of the molecule is CCNc1ccc(C(=O)N2CCCC(C)CC2)cn1. The summed E-state index contributed by atoms with van der Waals surface area (Å²) in [4.78, 5) is 18.6. The van der Waals surface area contributed by atoms with Gasteiger partial charge >= 0.3 is 0 Å². The summed E-state index contributed by atoms with van der Waals surface area (Å²) in [6, 6.07) is 3.73. The Balaban J connectivity index is 2.02. The molecule has 1 N–H and O–H groups in total. The summed E-state index contributed by atoms with van der Waals surface area (Å²) in [7, 11) is 0. The molecular formula is C15H23N3O. The fourth-order valence-corrected chi connectivity index (χ4v) is 2.45. The van der Waals surface area contributed by atoms with Gasteiger partial charge in [0.15, 0.2) is 0 Å². The fraction of sp³-hybridized carbons (Fsp3) is 0.600. The molecule has 1 aliphatic heterocycles. The molecule has 2 rings (SSSR count). The van der Waals surface area contributed by atoms with Gasteiger partial charge in [-0.05, 0) is 44.2 Å². The number of carbonyl (C=O) groups excluding carboxylic acids is 1. The van der Waals surface area contributed by atoms with Crippen LogP contribution in [-0.4, -0.2) is 35.4 Å². The maximum absolute atomic E-state index is 12.4. The maximum Gasteiger partial charge on any atom is 0.255 e. The van der Waals surface area contributed by atoms with Crippen molar-refractivity contribution < 1.29 is 4.79 Å². The Labute approximate surface area is 115 Å². The van der Waals surface area contributed by atoms with Gasteiger partial charge in [0.05, 0.1) is 5.56 Å². The monoisotopic (exact) mass is 261 g/mol. The molecule has 1 unspecified atom stereocenters. The van der Waals surface area contributed by atoms with Gasteiger partial charge in [-0.15, -0.1) is 0 Å². The zero-order chi connectivity index (χ0) is 13.7. The average molecular weight is 261 g/mol. The summed E-state index contributed by atoms with van der Waals surface area (Å²) < 4.78 is 0. The molecule has 1 amide bonds. The van der Waals surface area contributed by atoms with Crippen molar-refractivity contribution in [2.45, 2.75) is 33.1 Å². The molecule has 0 bridgehead atoms. The fourth-order valence-electron chi connectivity index (χ4n) is 2.45. The third kappa shape index (κ3) is 3.69. The number of hydrogen-bond acceptors (Lipinski definition) is 3. The third-order valence-corrected chi connectivity index (χ3v) is 3.67. The van der Waals surface area contributed by atoms with Gasteiger partial charge in [-0.25, -0.2) is 4.98 Å². The lowest BCUT2D eigenvalue weighted by molar-refractivity contribution is 0.0760. The van der Waals surface area contributed by atoms with Crippen LogP contribution in [0.3, 0.4) is 0 Å². The summed E-state index contributed by atoms with van der Waals surface area (Å²) in [5.74, 6) is 1.67. The van der Waals surface area contributed by atoms with E-state index in [0.717, 1.165) is 44.2 Å². The van der Waals surface area contributed by atoms with Crippen molar-refractivity contribution >= 4 is 11.7 Å². The first-order chi connectivity index (χ1) is 9.20. The quantitative estimate of drug-likeness (QED) is 0.910. The summed E-state index contributed by atoms with van der Waals surface area (Å²) >= 11 is 0. The van der Waals surface area contributed by atoms with Crippen LogP contribution in [0.2, 0.25) is 0 Å². The molecule has 1 saturated heterocycles. The summed E-state index contributed by atoms with van der Waals surface area (Å²) in [6.45, 7) is 6.87. The van der Waals surface area contributed by atoms with E-state index in [2.05, 4.69) is 17.2 Å². The number of carbonyl (C=O) groups is 1. The predicted octanol–water partition coefficient (Wildman–Crippen LogP) is 2.78. The van der Waals surface area contributed by atoms with Crippen LogP contribution in [0.1, 0.15) is 43.5 Å². The van der Waals surface area contributed by atoms with E-state index in [1.165, 1.54) is 6.42 Å². The van der Waals surface area contributed by atoms with Crippen LogP contribution in [0.5, 0.6) is 0 Å². The van der Waals surface area contributed by atoms with E-state index in [9.17, 15) is 4.79 Å². The van der Waals surface area contributed by atoms with Gasteiger partial charge in [-0.2, -0.15) is 0 Å². The number of anilines is 1. The van der Waals surface area contributed by atoms with Gasteiger partial charge < -0.3 is 10.2 Å². The van der Waals surface area contributed by atoms with Crippen molar-refractivity contribution in [3.05, 3.63) is 23.9 Å². The smallest absolute Gasteiger partial charge is 0.255 e. The highest BCUT2D eigenvalue weighted by Crippen LogP contribution is 2.18. The molecule has 0 radical (unpaired) electrons. The Morgan fingerprint density at radius 3 is 2.95 bits per heavy atom. The lowest BCUT2D eigenvalue weighted by atomic mass is 10.0. The van der Waals surface area contributed by atoms with Crippen LogP contribution in [-0.2, 0) is 0 Å². The number of nitrogens with one attached hydrogen (secondary N) is 1. The third-order valence-electron chi connectivity index (χ3n) is 3.67. The number of nitrogens with zero attached hydrogens (tertiary/aromatic N) is 2. The Bertz CT molecular complexity index is 416. The molecule has 1 atom stereocenters. The van der Waals surface area contributed by atoms with Crippen LogP contribution in [0, 0.1) is 5.92 Å². The number of amides is 1. The standard InChI is InChI=1S/C15H23N3O/c1-3-16-14-7-6-13(11-17-14)15(19)18-9-4-5-12(2)8-10-18/h6-7,11-12H,3-5,8-10H2,1-2H3,(H,16,17). The van der Waals surface area contributed by atoms with Gasteiger partial charge in [0, 0.05) is 25.8 Å². The first-order valence-electron chi connectivity index (χ1n) is 7.20. The summed E-state index contributed by atoms with van der Waals surface area (Å²) in [5.41, 5.74) is 0.691. The molecular weight excluding hydrogens is 238 g/mol. The minimum absolute atomic E-state index is 0.115. The Morgan fingerprint density at radius 1 is 1.42 bits per heavy atom. The lowest BCUT2D eigenvalue weighted by Gasteiger charge is -2.20. The molecule has 0 aliphatic carbocycles. The van der Waals surface area contributed by atoms with Crippen LogP contribution in [0.4, 0.5) is 5.82 Å². The van der Waals surface area contributed by atoms with Gasteiger partial charge in [0.25, 0.3) is 5.91 Å². The Morgan fingerprint density at radius 2 is 2.26 bits per heavy atom. The molecule has 4 heteroatoms. The average Bonchev–Trinajstić information content (AvgIpc) is 2.64. The predicted molar refractivity (Wildman–Crippen MR) is 77.3 cm³/mol. The van der Waals surface area contributed by atoms with Gasteiger partial charge in [0.2, 0.25) is 0 Å². The zero-order valence-electron chi connectivity index (χ0n) is 11.9. The van der Waals surface area contributed by atoms with Gasteiger partial charge in [0.1, 0.15) is 5.82 Å². The van der Waals surface area contributed by atoms with Crippen molar-refractivity contribution in [1.82, 2.24) is 9.88 Å². The first-order valence-corrected chi connectivity index (χ1v) is 7.20. The molecule has 0 saturated carbocycles. The molecule has 1 fully saturated rings. The van der Waals surface area contributed by atoms with E-state index in [1.54, 1.807) is 6.20 Å². The number of likely N-dealkylation sites (tertiary alicyclic amines) is 1. The summed E-state index contributed by atoms with van der Waals surface area (Å²) in [5, 5.41) is 3.13. The topological polar surface area (TPSA) is 45.2 Å². The van der Waals surface area contributed by atoms with E-state index in [-0.39, 0.29) is 5.91 Å². The van der Waals surface area contributed by atoms with Crippen molar-refractivity contribution in [1.29, 1.82) is 0 Å². The maximum atomic E-state index is 12.4. The molecule has 0 aromatic carbocycles. The summed E-state index contributed by atoms with van der Waals surface area (Å²) in [6.07, 6.45) is 5.11. The van der Waals surface area contributed by atoms with Crippen LogP contribution in [0.15, 0.2) is 18.3 Å². The first kappa shape index (κ1) is 13.8. The molecule has 1 aliphatic rings. The second kappa shape index (κ2) is 6.55. The van der Waals surface area contributed by atoms with E-state index in [1.807, 2.05) is 24.0 Å². The van der Waals surface area contributed by atoms with Crippen LogP contribution >= 0.6 is 0 Å². The molecule has 4 nitrogen and oxygen atoms in total. The van der Waals surface area contributed by atoms with Crippen molar-refractivity contribution in [3.8, 4) is 0 Å². The highest BCUT2D eigenvalue weighted by atomic mass is 16.2. The minimum Gasteiger partial charge on any atom is -0.370 e.